The normalized spacial score (nSPS) is 21.6. The summed E-state index contributed by atoms with van der Waals surface area (Å²) in [5.74, 6) is 10.3. The fourth-order valence-corrected chi connectivity index (χ4v) is 4.09. The van der Waals surface area contributed by atoms with E-state index in [1.165, 1.54) is 9.91 Å². The maximum Gasteiger partial charge on any atom is 0.275 e. The van der Waals surface area contributed by atoms with E-state index in [1.807, 2.05) is 30.3 Å². The highest BCUT2D eigenvalue weighted by atomic mass is 16.5. The number of amides is 1. The fourth-order valence-electron chi connectivity index (χ4n) is 4.09. The van der Waals surface area contributed by atoms with Crippen molar-refractivity contribution in [3.8, 4) is 23.7 Å². The minimum atomic E-state index is -0.466. The van der Waals surface area contributed by atoms with E-state index in [0.717, 1.165) is 5.56 Å². The van der Waals surface area contributed by atoms with Gasteiger partial charge in [0.2, 0.25) is 0 Å². The molecule has 2 aromatic rings. The van der Waals surface area contributed by atoms with Gasteiger partial charge in [-0.05, 0) is 11.5 Å². The molecule has 3 heterocycles. The lowest BCUT2D eigenvalue weighted by Crippen LogP contribution is -2.55. The first-order valence-corrected chi connectivity index (χ1v) is 11.0. The van der Waals surface area contributed by atoms with Gasteiger partial charge in [0.25, 0.3) is 5.91 Å². The van der Waals surface area contributed by atoms with Crippen LogP contribution in [0.15, 0.2) is 53.1 Å². The van der Waals surface area contributed by atoms with Crippen molar-refractivity contribution in [2.75, 3.05) is 40.0 Å². The predicted molar refractivity (Wildman–Crippen MR) is 127 cm³/mol. The second-order valence-electron chi connectivity index (χ2n) is 7.85. The highest BCUT2D eigenvalue weighted by Gasteiger charge is 2.43. The Hall–Kier alpha value is -4.09. The second-order valence-corrected chi connectivity index (χ2v) is 7.85. The average molecular weight is 476 g/mol. The number of ether oxygens (including phenoxy) is 1. The molecule has 35 heavy (non-hydrogen) atoms. The van der Waals surface area contributed by atoms with Crippen molar-refractivity contribution in [1.82, 2.24) is 19.7 Å². The first kappa shape index (κ1) is 24.0. The van der Waals surface area contributed by atoms with Gasteiger partial charge in [0.1, 0.15) is 31.6 Å². The molecule has 3 N–H and O–H groups in total. The van der Waals surface area contributed by atoms with E-state index < -0.39 is 12.1 Å². The van der Waals surface area contributed by atoms with Crippen LogP contribution in [0.2, 0.25) is 0 Å². The minimum absolute atomic E-state index is 0.0494. The predicted octanol–water partition coefficient (Wildman–Crippen LogP) is 0.0883. The zero-order valence-corrected chi connectivity index (χ0v) is 19.1. The maximum absolute atomic E-state index is 13.0. The number of rotatable bonds is 3. The van der Waals surface area contributed by atoms with Gasteiger partial charge in [-0.25, -0.2) is 5.01 Å². The summed E-state index contributed by atoms with van der Waals surface area (Å²) in [5, 5.41) is 39.7. The van der Waals surface area contributed by atoms with Crippen LogP contribution >= 0.6 is 0 Å². The number of aliphatic hydroxyl groups is 3. The van der Waals surface area contributed by atoms with Crippen molar-refractivity contribution in [2.45, 2.75) is 12.1 Å². The summed E-state index contributed by atoms with van der Waals surface area (Å²) in [6, 6.07) is 8.68. The van der Waals surface area contributed by atoms with Crippen molar-refractivity contribution >= 4 is 12.1 Å². The number of benzene rings is 1. The molecular formula is C25H25N5O5. The Morgan fingerprint density at radius 1 is 1.17 bits per heavy atom. The number of nitrogens with zero attached hydrogens (tertiary/aromatic N) is 5. The molecule has 10 heteroatoms. The van der Waals surface area contributed by atoms with Crippen LogP contribution in [0.25, 0.3) is 0 Å². The van der Waals surface area contributed by atoms with E-state index in [0.29, 0.717) is 17.8 Å². The molecule has 0 aliphatic carbocycles. The molecule has 10 nitrogen and oxygen atoms in total. The van der Waals surface area contributed by atoms with Gasteiger partial charge in [-0.3, -0.25) is 9.48 Å². The zero-order valence-electron chi connectivity index (χ0n) is 19.1. The number of aromatic nitrogens is 2. The van der Waals surface area contributed by atoms with E-state index in [4.69, 9.17) is 9.84 Å². The van der Waals surface area contributed by atoms with Crippen LogP contribution in [-0.2, 0) is 9.53 Å². The molecule has 0 radical (unpaired) electrons. The molecule has 1 amide bonds. The SMILES string of the molecule is CN1CC(C(c2ccccc2)n2cc(C#CCO)c(C#CCO)n2)N2/N=C\COC/C(O)=C\2C1=O. The fraction of sp³-hybridized carbons (Fsp3) is 0.320. The smallest absolute Gasteiger partial charge is 0.275 e. The zero-order chi connectivity index (χ0) is 24.8. The van der Waals surface area contributed by atoms with E-state index in [1.54, 1.807) is 24.1 Å². The third kappa shape index (κ3) is 5.05. The van der Waals surface area contributed by atoms with Crippen molar-refractivity contribution < 1.29 is 24.9 Å². The molecule has 0 spiro atoms. The third-order valence-corrected chi connectivity index (χ3v) is 5.57. The molecule has 1 aromatic carbocycles. The summed E-state index contributed by atoms with van der Waals surface area (Å²) in [5.41, 5.74) is 1.78. The molecule has 4 rings (SSSR count). The number of piperazine rings is 1. The molecule has 1 fully saturated rings. The molecule has 180 valence electrons. The van der Waals surface area contributed by atoms with Crippen molar-refractivity contribution in [3.05, 3.63) is 64.8 Å². The van der Waals surface area contributed by atoms with Crippen LogP contribution in [-0.4, -0.2) is 93.2 Å². The standard InChI is InChI=1S/C25H25N5O5/c1-28-16-21(30-24(25(28)34)22(33)17-35-14-11-26-30)23(18-7-3-2-4-8-18)29-15-19(9-5-12-31)20(27-29)10-6-13-32/h2-4,7-8,11,15,21,23,31-33H,12-14,16-17H2,1H3/b24-22+,26-11-. The van der Waals surface area contributed by atoms with Gasteiger partial charge in [-0.15, -0.1) is 0 Å². The largest absolute Gasteiger partial charge is 0.507 e. The molecule has 2 unspecified atom stereocenters. The molecule has 2 atom stereocenters. The monoisotopic (exact) mass is 475 g/mol. The Morgan fingerprint density at radius 3 is 2.66 bits per heavy atom. The van der Waals surface area contributed by atoms with Crippen molar-refractivity contribution in [2.24, 2.45) is 5.10 Å². The van der Waals surface area contributed by atoms with E-state index in [9.17, 15) is 15.0 Å². The van der Waals surface area contributed by atoms with Crippen LogP contribution in [0, 0.1) is 23.7 Å². The number of hydrazone groups is 1. The van der Waals surface area contributed by atoms with Gasteiger partial charge in [0.05, 0.1) is 24.4 Å². The Balaban J connectivity index is 1.90. The van der Waals surface area contributed by atoms with Gasteiger partial charge >= 0.3 is 0 Å². The molecule has 1 saturated heterocycles. The minimum Gasteiger partial charge on any atom is -0.507 e. The van der Waals surface area contributed by atoms with Gasteiger partial charge in [0, 0.05) is 19.8 Å². The third-order valence-electron chi connectivity index (χ3n) is 5.57. The number of aliphatic hydroxyl groups excluding tert-OH is 3. The quantitative estimate of drug-likeness (QED) is 0.538. The Bertz CT molecular complexity index is 1220. The van der Waals surface area contributed by atoms with Crippen LogP contribution in [0.1, 0.15) is 22.9 Å². The maximum atomic E-state index is 13.0. The first-order chi connectivity index (χ1) is 17.0. The van der Waals surface area contributed by atoms with Crippen molar-refractivity contribution in [3.63, 3.8) is 0 Å². The summed E-state index contributed by atoms with van der Waals surface area (Å²) < 4.78 is 7.04. The molecular weight excluding hydrogens is 450 g/mol. The Kier molecular flexibility index (Phi) is 7.48. The molecule has 2 aliphatic heterocycles. The first-order valence-electron chi connectivity index (χ1n) is 11.0. The van der Waals surface area contributed by atoms with Crippen LogP contribution in [0.5, 0.6) is 0 Å². The highest BCUT2D eigenvalue weighted by Crippen LogP contribution is 2.33. The summed E-state index contributed by atoms with van der Waals surface area (Å²) in [6.07, 6.45) is 3.28. The average Bonchev–Trinajstić information content (AvgIpc) is 3.25. The number of carbonyl (C=O) groups excluding carboxylic acids is 1. The van der Waals surface area contributed by atoms with E-state index >= 15 is 0 Å². The summed E-state index contributed by atoms with van der Waals surface area (Å²) in [6.45, 7) is -0.292. The molecule has 2 aliphatic rings. The topological polar surface area (TPSA) is 124 Å². The highest BCUT2D eigenvalue weighted by molar-refractivity contribution is 5.94. The van der Waals surface area contributed by atoms with Crippen LogP contribution < -0.4 is 0 Å². The van der Waals surface area contributed by atoms with Gasteiger partial charge in [-0.1, -0.05) is 48.1 Å². The second kappa shape index (κ2) is 10.9. The molecule has 0 saturated carbocycles. The van der Waals surface area contributed by atoms with Crippen LogP contribution in [0.3, 0.4) is 0 Å². The number of likely N-dealkylation sites (N-methyl/N-ethyl adjacent to an activating group) is 1. The summed E-state index contributed by atoms with van der Waals surface area (Å²) in [4.78, 5) is 14.5. The van der Waals surface area contributed by atoms with Crippen molar-refractivity contribution in [1.29, 1.82) is 0 Å². The number of fused-ring (bicyclic) bond motifs is 1. The van der Waals surface area contributed by atoms with Gasteiger partial charge in [-0.2, -0.15) is 10.2 Å². The lowest BCUT2D eigenvalue weighted by atomic mass is 9.96. The van der Waals surface area contributed by atoms with E-state index in [-0.39, 0.29) is 43.8 Å². The summed E-state index contributed by atoms with van der Waals surface area (Å²) >= 11 is 0. The molecule has 1 aromatic heterocycles. The lowest BCUT2D eigenvalue weighted by Gasteiger charge is -2.43. The number of hydrogen-bond donors (Lipinski definition) is 3. The lowest BCUT2D eigenvalue weighted by molar-refractivity contribution is -0.133. The Labute approximate surface area is 202 Å². The molecule has 0 bridgehead atoms. The number of carbonyl (C=O) groups is 1. The van der Waals surface area contributed by atoms with Crippen LogP contribution in [0.4, 0.5) is 0 Å². The summed E-state index contributed by atoms with van der Waals surface area (Å²) in [7, 11) is 1.66. The van der Waals surface area contributed by atoms with E-state index in [2.05, 4.69) is 33.9 Å². The Morgan fingerprint density at radius 2 is 1.91 bits per heavy atom. The number of hydrogen-bond acceptors (Lipinski definition) is 8. The van der Waals surface area contributed by atoms with Gasteiger partial charge < -0.3 is 25.0 Å². The van der Waals surface area contributed by atoms with Gasteiger partial charge in [0.15, 0.2) is 11.4 Å².